The van der Waals surface area contributed by atoms with Gasteiger partial charge >= 0.3 is 6.36 Å². The highest BCUT2D eigenvalue weighted by atomic mass is 19.4. The summed E-state index contributed by atoms with van der Waals surface area (Å²) in [4.78, 5) is 8.20. The summed E-state index contributed by atoms with van der Waals surface area (Å²) in [5, 5.41) is 0. The lowest BCUT2D eigenvalue weighted by atomic mass is 10.0. The van der Waals surface area contributed by atoms with E-state index in [1.54, 1.807) is 0 Å². The summed E-state index contributed by atoms with van der Waals surface area (Å²) in [5.41, 5.74) is 8.88. The molecule has 33 heavy (non-hydrogen) atoms. The molecule has 2 N–H and O–H groups in total. The lowest BCUT2D eigenvalue weighted by Gasteiger charge is -2.33. The van der Waals surface area contributed by atoms with Crippen LogP contribution >= 0.6 is 0 Å². The van der Waals surface area contributed by atoms with Crippen LogP contribution < -0.4 is 10.5 Å². The van der Waals surface area contributed by atoms with Gasteiger partial charge in [0.25, 0.3) is 0 Å². The van der Waals surface area contributed by atoms with Gasteiger partial charge in [-0.25, -0.2) is 4.98 Å². The van der Waals surface area contributed by atoms with E-state index in [0.717, 1.165) is 42.9 Å². The molecule has 1 atom stereocenters. The molecule has 1 unspecified atom stereocenters. The second-order valence-corrected chi connectivity index (χ2v) is 8.07. The average molecular weight is 469 g/mol. The van der Waals surface area contributed by atoms with Crippen LogP contribution in [-0.2, 0) is 4.74 Å². The van der Waals surface area contributed by atoms with Gasteiger partial charge in [0, 0.05) is 55.4 Å². The molecule has 6 nitrogen and oxygen atoms in total. The molecule has 1 aromatic heterocycles. The highest BCUT2D eigenvalue weighted by molar-refractivity contribution is 5.67. The lowest BCUT2D eigenvalue weighted by Crippen LogP contribution is -2.36. The number of hydrogen-bond donors (Lipinski definition) is 1. The number of nitrogens with two attached hydrogens (primary N) is 1. The number of nitrogens with zero attached hydrogens (tertiary/aromatic N) is 3. The highest BCUT2D eigenvalue weighted by Gasteiger charge is 2.32. The molecule has 1 aliphatic heterocycles. The van der Waals surface area contributed by atoms with Crippen LogP contribution in [0.4, 0.5) is 19.0 Å². The van der Waals surface area contributed by atoms with E-state index < -0.39 is 12.1 Å². The Morgan fingerprint density at radius 2 is 2.00 bits per heavy atom. The van der Waals surface area contributed by atoms with Crippen molar-refractivity contribution in [3.63, 3.8) is 0 Å². The number of aromatic nitrogens is 1. The van der Waals surface area contributed by atoms with E-state index in [0.29, 0.717) is 31.7 Å². The van der Waals surface area contributed by atoms with Gasteiger partial charge in [0.2, 0.25) is 0 Å². The zero-order valence-corrected chi connectivity index (χ0v) is 19.7. The largest absolute Gasteiger partial charge is 0.573 e. The number of alkyl halides is 3. The van der Waals surface area contributed by atoms with E-state index in [9.17, 15) is 13.2 Å². The van der Waals surface area contributed by atoms with Crippen molar-refractivity contribution >= 4 is 11.4 Å². The molecular formula is C24H35F3N4O2. The molecule has 0 radical (unpaired) electrons. The smallest absolute Gasteiger partial charge is 0.402 e. The van der Waals surface area contributed by atoms with E-state index in [-0.39, 0.29) is 11.7 Å². The SMILES string of the molecule is C=C(C(C)CC)N(/C=C(\CC)c1cnc(N)c(OC(F)(F)F)c1)CCC(=C)N1CCOCC1. The van der Waals surface area contributed by atoms with Crippen LogP contribution in [0, 0.1) is 5.92 Å². The molecule has 184 valence electrons. The predicted molar refractivity (Wildman–Crippen MR) is 125 cm³/mol. The van der Waals surface area contributed by atoms with Crippen molar-refractivity contribution < 1.29 is 22.6 Å². The highest BCUT2D eigenvalue weighted by Crippen LogP contribution is 2.31. The Bertz CT molecular complexity index is 849. The maximum Gasteiger partial charge on any atom is 0.573 e. The normalized spacial score (nSPS) is 15.8. The van der Waals surface area contributed by atoms with E-state index in [1.807, 2.05) is 13.1 Å². The Kier molecular flexibility index (Phi) is 9.64. The Morgan fingerprint density at radius 1 is 1.33 bits per heavy atom. The Morgan fingerprint density at radius 3 is 2.58 bits per heavy atom. The van der Waals surface area contributed by atoms with Crippen LogP contribution in [-0.4, -0.2) is 54.0 Å². The summed E-state index contributed by atoms with van der Waals surface area (Å²) in [6.45, 7) is 18.3. The number of hydrogen-bond acceptors (Lipinski definition) is 6. The molecule has 1 saturated heterocycles. The van der Waals surface area contributed by atoms with Gasteiger partial charge in [0.05, 0.1) is 13.2 Å². The fourth-order valence-electron chi connectivity index (χ4n) is 3.49. The number of halogens is 3. The van der Waals surface area contributed by atoms with Gasteiger partial charge in [0.1, 0.15) is 0 Å². The van der Waals surface area contributed by atoms with Gasteiger partial charge in [-0.05, 0) is 30.4 Å². The van der Waals surface area contributed by atoms with Crippen LogP contribution in [0.3, 0.4) is 0 Å². The monoisotopic (exact) mass is 468 g/mol. The first kappa shape index (κ1) is 26.6. The molecule has 0 bridgehead atoms. The summed E-state index contributed by atoms with van der Waals surface area (Å²) >= 11 is 0. The second-order valence-electron chi connectivity index (χ2n) is 8.07. The minimum absolute atomic E-state index is 0.240. The zero-order chi connectivity index (χ0) is 24.6. The third kappa shape index (κ3) is 7.99. The molecule has 1 aliphatic rings. The Balaban J connectivity index is 2.28. The number of allylic oxidation sites excluding steroid dienone is 2. The fourth-order valence-corrected chi connectivity index (χ4v) is 3.49. The van der Waals surface area contributed by atoms with Gasteiger partial charge in [-0.3, -0.25) is 0 Å². The Labute approximate surface area is 194 Å². The molecule has 2 heterocycles. The summed E-state index contributed by atoms with van der Waals surface area (Å²) in [6, 6.07) is 1.28. The van der Waals surface area contributed by atoms with Crippen molar-refractivity contribution in [3.8, 4) is 5.75 Å². The Hall–Kier alpha value is -2.68. The van der Waals surface area contributed by atoms with Gasteiger partial charge in [-0.2, -0.15) is 0 Å². The van der Waals surface area contributed by atoms with Crippen LogP contribution in [0.1, 0.15) is 45.6 Å². The predicted octanol–water partition coefficient (Wildman–Crippen LogP) is 5.41. The second kappa shape index (κ2) is 12.0. The lowest BCUT2D eigenvalue weighted by molar-refractivity contribution is -0.274. The number of ether oxygens (including phenoxy) is 2. The minimum Gasteiger partial charge on any atom is -0.402 e. The van der Waals surface area contributed by atoms with Gasteiger partial charge < -0.3 is 25.0 Å². The molecule has 1 aromatic rings. The fraction of sp³-hybridized carbons (Fsp3) is 0.542. The maximum atomic E-state index is 12.7. The summed E-state index contributed by atoms with van der Waals surface area (Å²) in [7, 11) is 0. The van der Waals surface area contributed by atoms with E-state index in [4.69, 9.17) is 10.5 Å². The summed E-state index contributed by atoms with van der Waals surface area (Å²) in [6.07, 6.45) is 0.775. The van der Waals surface area contributed by atoms with Crippen LogP contribution in [0.5, 0.6) is 5.75 Å². The first-order valence-electron chi connectivity index (χ1n) is 11.2. The van der Waals surface area contributed by atoms with Gasteiger partial charge in [-0.15, -0.1) is 13.2 Å². The van der Waals surface area contributed by atoms with Crippen molar-refractivity contribution in [1.82, 2.24) is 14.8 Å². The van der Waals surface area contributed by atoms with E-state index in [1.165, 1.54) is 12.3 Å². The van der Waals surface area contributed by atoms with Crippen LogP contribution in [0.25, 0.3) is 5.57 Å². The molecule has 9 heteroatoms. The molecule has 0 saturated carbocycles. The topological polar surface area (TPSA) is 63.9 Å². The van der Waals surface area contributed by atoms with Crippen molar-refractivity contribution in [2.45, 2.75) is 46.4 Å². The molecule has 0 aromatic carbocycles. The van der Waals surface area contributed by atoms with Crippen LogP contribution in [0.2, 0.25) is 0 Å². The third-order valence-corrected chi connectivity index (χ3v) is 5.82. The van der Waals surface area contributed by atoms with E-state index >= 15 is 0 Å². The standard InChI is InChI=1S/C24H35F3N4O2/c1-6-17(3)19(5)31(9-8-18(4)30-10-12-32-13-11-30)16-20(7-2)21-14-22(23(28)29-15-21)33-24(25,26)27/h14-17H,4-13H2,1-3H3,(H2,28,29)/b20-16+. The molecule has 2 rings (SSSR count). The molecule has 0 aliphatic carbocycles. The van der Waals surface area contributed by atoms with Crippen LogP contribution in [0.15, 0.2) is 43.0 Å². The quantitative estimate of drug-likeness (QED) is 0.468. The van der Waals surface area contributed by atoms with Gasteiger partial charge in [0.15, 0.2) is 11.6 Å². The summed E-state index contributed by atoms with van der Waals surface area (Å²) < 4.78 is 47.7. The third-order valence-electron chi connectivity index (χ3n) is 5.82. The zero-order valence-electron chi connectivity index (χ0n) is 19.7. The van der Waals surface area contributed by atoms with E-state index in [2.05, 4.69) is 46.5 Å². The first-order chi connectivity index (χ1) is 15.6. The van der Waals surface area contributed by atoms with Crippen molar-refractivity contribution in [1.29, 1.82) is 0 Å². The number of nitrogen functional groups attached to an aromatic ring is 1. The maximum absolute atomic E-state index is 12.7. The van der Waals surface area contributed by atoms with Gasteiger partial charge in [-0.1, -0.05) is 33.9 Å². The number of anilines is 1. The molecule has 0 spiro atoms. The number of pyridine rings is 1. The summed E-state index contributed by atoms with van der Waals surface area (Å²) in [5.74, 6) is -0.578. The first-order valence-corrected chi connectivity index (χ1v) is 11.2. The van der Waals surface area contributed by atoms with Crippen molar-refractivity contribution in [2.24, 2.45) is 5.92 Å². The average Bonchev–Trinajstić information content (AvgIpc) is 2.79. The number of rotatable bonds is 11. The molecular weight excluding hydrogens is 433 g/mol. The molecule has 1 fully saturated rings. The minimum atomic E-state index is -4.85. The van der Waals surface area contributed by atoms with Crippen molar-refractivity contribution in [2.75, 3.05) is 38.6 Å². The number of morpholine rings is 1. The molecule has 0 amide bonds. The van der Waals surface area contributed by atoms with Crippen molar-refractivity contribution in [3.05, 3.63) is 48.6 Å².